The first-order valence-electron chi connectivity index (χ1n) is 10.2. The molecule has 1 aliphatic heterocycles. The largest absolute Gasteiger partial charge is 0.487 e. The smallest absolute Gasteiger partial charge is 0.280 e. The lowest BCUT2D eigenvalue weighted by atomic mass is 9.97. The van der Waals surface area contributed by atoms with Crippen LogP contribution in [0.25, 0.3) is 5.65 Å². The van der Waals surface area contributed by atoms with Gasteiger partial charge >= 0.3 is 0 Å². The van der Waals surface area contributed by atoms with Gasteiger partial charge in [0.25, 0.3) is 12.3 Å². The van der Waals surface area contributed by atoms with Crippen LogP contribution in [0.1, 0.15) is 60.9 Å². The molecule has 1 aliphatic rings. The monoisotopic (exact) mass is 430 g/mol. The van der Waals surface area contributed by atoms with Crippen LogP contribution in [0.15, 0.2) is 36.7 Å². The summed E-state index contributed by atoms with van der Waals surface area (Å²) in [5.41, 5.74) is 1.53. The van der Waals surface area contributed by atoms with Gasteiger partial charge < -0.3 is 19.2 Å². The number of alkyl halides is 2. The fourth-order valence-corrected chi connectivity index (χ4v) is 3.58. The quantitative estimate of drug-likeness (QED) is 0.618. The van der Waals surface area contributed by atoms with E-state index in [1.807, 2.05) is 24.4 Å². The predicted molar refractivity (Wildman–Crippen MR) is 111 cm³/mol. The molecule has 3 aromatic heterocycles. The molecule has 0 bridgehead atoms. The minimum absolute atomic E-state index is 0.0854. The maximum absolute atomic E-state index is 12.9. The van der Waals surface area contributed by atoms with Crippen LogP contribution in [-0.2, 0) is 4.74 Å². The number of imidazole rings is 1. The van der Waals surface area contributed by atoms with Crippen LogP contribution in [0.2, 0.25) is 0 Å². The lowest BCUT2D eigenvalue weighted by Gasteiger charge is -2.19. The predicted octanol–water partition coefficient (Wildman–Crippen LogP) is 4.60. The van der Waals surface area contributed by atoms with Gasteiger partial charge in [0.15, 0.2) is 11.4 Å². The molecule has 0 aliphatic carbocycles. The molecule has 4 rings (SSSR count). The molecule has 0 aromatic carbocycles. The Balaban J connectivity index is 1.65. The lowest BCUT2D eigenvalue weighted by Crippen LogP contribution is -2.15. The number of halogens is 2. The highest BCUT2D eigenvalue weighted by atomic mass is 19.3. The summed E-state index contributed by atoms with van der Waals surface area (Å²) in [6.45, 7) is 5.23. The van der Waals surface area contributed by atoms with Gasteiger partial charge in [0.2, 0.25) is 0 Å². The van der Waals surface area contributed by atoms with Gasteiger partial charge in [-0.2, -0.15) is 0 Å². The number of carbonyl (C=O) groups is 1. The fourth-order valence-electron chi connectivity index (χ4n) is 3.58. The van der Waals surface area contributed by atoms with Crippen LogP contribution in [0.4, 0.5) is 14.5 Å². The first-order valence-corrected chi connectivity index (χ1v) is 10.2. The number of anilines is 1. The number of nitrogens with zero attached hydrogens (tertiary/aromatic N) is 3. The SMILES string of the molecule is CC(C)Oc1cc(NC(=O)c2cccc(C(F)F)n2)cn2cc(C3CCOCC3)nc12. The zero-order valence-corrected chi connectivity index (χ0v) is 17.3. The number of aromatic nitrogens is 3. The van der Waals surface area contributed by atoms with Crippen LogP contribution in [0, 0.1) is 0 Å². The molecule has 4 heterocycles. The molecule has 164 valence electrons. The van der Waals surface area contributed by atoms with E-state index >= 15 is 0 Å². The summed E-state index contributed by atoms with van der Waals surface area (Å²) in [4.78, 5) is 21.1. The summed E-state index contributed by atoms with van der Waals surface area (Å²) >= 11 is 0. The van der Waals surface area contributed by atoms with Gasteiger partial charge in [0.1, 0.15) is 11.4 Å². The minimum Gasteiger partial charge on any atom is -0.487 e. The second kappa shape index (κ2) is 8.97. The molecule has 0 atom stereocenters. The highest BCUT2D eigenvalue weighted by molar-refractivity contribution is 6.03. The Labute approximate surface area is 178 Å². The molecule has 0 unspecified atom stereocenters. The van der Waals surface area contributed by atoms with E-state index < -0.39 is 18.0 Å². The number of rotatable bonds is 6. The van der Waals surface area contributed by atoms with Gasteiger partial charge in [0.05, 0.1) is 17.5 Å². The zero-order chi connectivity index (χ0) is 22.0. The van der Waals surface area contributed by atoms with Gasteiger partial charge in [-0.3, -0.25) is 4.79 Å². The Hall–Kier alpha value is -3.07. The number of pyridine rings is 2. The van der Waals surface area contributed by atoms with Gasteiger partial charge in [-0.25, -0.2) is 18.7 Å². The number of amides is 1. The second-order valence-electron chi connectivity index (χ2n) is 7.75. The molecule has 31 heavy (non-hydrogen) atoms. The third-order valence-corrected chi connectivity index (χ3v) is 5.02. The summed E-state index contributed by atoms with van der Waals surface area (Å²) in [5.74, 6) is 0.252. The van der Waals surface area contributed by atoms with E-state index in [-0.39, 0.29) is 11.8 Å². The maximum atomic E-state index is 12.9. The Bertz CT molecular complexity index is 1080. The van der Waals surface area contributed by atoms with Crippen molar-refractivity contribution in [1.82, 2.24) is 14.4 Å². The van der Waals surface area contributed by atoms with Crippen molar-refractivity contribution in [3.63, 3.8) is 0 Å². The number of ether oxygens (including phenoxy) is 2. The van der Waals surface area contributed by atoms with Gasteiger partial charge in [0, 0.05) is 37.6 Å². The van der Waals surface area contributed by atoms with Gasteiger partial charge in [-0.1, -0.05) is 6.07 Å². The Kier molecular flexibility index (Phi) is 6.13. The number of hydrogen-bond donors (Lipinski definition) is 1. The van der Waals surface area contributed by atoms with Crippen molar-refractivity contribution in [2.45, 2.75) is 45.1 Å². The first-order chi connectivity index (χ1) is 14.9. The molecule has 3 aromatic rings. The molecule has 0 radical (unpaired) electrons. The molecular weight excluding hydrogens is 406 g/mol. The summed E-state index contributed by atoms with van der Waals surface area (Å²) in [5, 5.41) is 2.72. The molecule has 0 spiro atoms. The summed E-state index contributed by atoms with van der Waals surface area (Å²) in [6.07, 6.45) is 2.63. The Morgan fingerprint density at radius 1 is 1.23 bits per heavy atom. The molecular formula is C22H24F2N4O3. The lowest BCUT2D eigenvalue weighted by molar-refractivity contribution is 0.0846. The number of carbonyl (C=O) groups excluding carboxylic acids is 1. The minimum atomic E-state index is -2.75. The van der Waals surface area contributed by atoms with Crippen LogP contribution >= 0.6 is 0 Å². The zero-order valence-electron chi connectivity index (χ0n) is 17.3. The van der Waals surface area contributed by atoms with E-state index in [1.165, 1.54) is 18.2 Å². The van der Waals surface area contributed by atoms with Crippen molar-refractivity contribution in [1.29, 1.82) is 0 Å². The molecule has 0 saturated carbocycles. The second-order valence-corrected chi connectivity index (χ2v) is 7.75. The van der Waals surface area contributed by atoms with Crippen LogP contribution < -0.4 is 10.1 Å². The highest BCUT2D eigenvalue weighted by Crippen LogP contribution is 2.31. The van der Waals surface area contributed by atoms with Crippen molar-refractivity contribution >= 4 is 17.2 Å². The van der Waals surface area contributed by atoms with Gasteiger partial charge in [-0.05, 0) is 38.8 Å². The fraction of sp³-hybridized carbons (Fsp3) is 0.409. The first kappa shape index (κ1) is 21.2. The molecule has 1 N–H and O–H groups in total. The summed E-state index contributed by atoms with van der Waals surface area (Å²) in [7, 11) is 0. The number of hydrogen-bond acceptors (Lipinski definition) is 5. The van der Waals surface area contributed by atoms with Crippen molar-refractivity contribution in [3.8, 4) is 5.75 Å². The molecule has 9 heteroatoms. The average Bonchev–Trinajstić information content (AvgIpc) is 3.18. The van der Waals surface area contributed by atoms with E-state index in [2.05, 4.69) is 10.3 Å². The maximum Gasteiger partial charge on any atom is 0.280 e. The highest BCUT2D eigenvalue weighted by Gasteiger charge is 2.21. The van der Waals surface area contributed by atoms with Crippen LogP contribution in [0.3, 0.4) is 0 Å². The number of fused-ring (bicyclic) bond motifs is 1. The van der Waals surface area contributed by atoms with Crippen molar-refractivity contribution in [3.05, 3.63) is 53.7 Å². The van der Waals surface area contributed by atoms with Crippen LogP contribution in [-0.4, -0.2) is 39.6 Å². The topological polar surface area (TPSA) is 77.8 Å². The van der Waals surface area contributed by atoms with E-state index in [0.29, 0.717) is 36.2 Å². The van der Waals surface area contributed by atoms with E-state index in [0.717, 1.165) is 18.5 Å². The standard InChI is InChI=1S/C22H24F2N4O3/c1-13(2)31-19-10-15(25-22(29)17-5-3-4-16(26-17)20(23)24)11-28-12-18(27-21(19)28)14-6-8-30-9-7-14/h3-5,10-14,20H,6-9H2,1-2H3,(H,25,29). The normalized spacial score (nSPS) is 15.0. The van der Waals surface area contributed by atoms with Gasteiger partial charge in [-0.15, -0.1) is 0 Å². The molecule has 1 fully saturated rings. The van der Waals surface area contributed by atoms with E-state index in [4.69, 9.17) is 14.5 Å². The molecule has 1 amide bonds. The Morgan fingerprint density at radius 3 is 2.71 bits per heavy atom. The van der Waals surface area contributed by atoms with E-state index in [9.17, 15) is 13.6 Å². The van der Waals surface area contributed by atoms with Crippen LogP contribution in [0.5, 0.6) is 5.75 Å². The third kappa shape index (κ3) is 4.82. The van der Waals surface area contributed by atoms with E-state index in [1.54, 1.807) is 12.3 Å². The van der Waals surface area contributed by atoms with Crippen molar-refractivity contribution in [2.75, 3.05) is 18.5 Å². The number of nitrogens with one attached hydrogen (secondary N) is 1. The summed E-state index contributed by atoms with van der Waals surface area (Å²) < 4.78 is 39.0. The van der Waals surface area contributed by atoms with Crippen molar-refractivity contribution < 1.29 is 23.0 Å². The molecule has 7 nitrogen and oxygen atoms in total. The van der Waals surface area contributed by atoms with Crippen molar-refractivity contribution in [2.24, 2.45) is 0 Å². The Morgan fingerprint density at radius 2 is 2.00 bits per heavy atom. The third-order valence-electron chi connectivity index (χ3n) is 5.02. The average molecular weight is 430 g/mol. The molecule has 1 saturated heterocycles. The summed E-state index contributed by atoms with van der Waals surface area (Å²) in [6, 6.07) is 5.65.